The van der Waals surface area contributed by atoms with Gasteiger partial charge in [-0.2, -0.15) is 0 Å². The van der Waals surface area contributed by atoms with Crippen LogP contribution in [0.5, 0.6) is 0 Å². The molecular weight excluding hydrogens is 242 g/mol. The average molecular weight is 267 g/mol. The predicted octanol–water partition coefficient (Wildman–Crippen LogP) is 1.44. The number of imide groups is 1. The summed E-state index contributed by atoms with van der Waals surface area (Å²) in [6.45, 7) is 3.78. The first-order valence-electron chi connectivity index (χ1n) is 7.23. The van der Waals surface area contributed by atoms with E-state index in [1.807, 2.05) is 14.1 Å². The lowest BCUT2D eigenvalue weighted by molar-refractivity contribution is -0.129. The maximum atomic E-state index is 12.2. The molecule has 0 aromatic heterocycles. The van der Waals surface area contributed by atoms with Gasteiger partial charge in [0, 0.05) is 6.54 Å². The minimum Gasteiger partial charge on any atom is -0.310 e. The first-order valence-corrected chi connectivity index (χ1v) is 7.23. The SMILES string of the molecule is CC1CCCC2(C1)C(=O)NC(=O)N2CCCN(C)C. The molecule has 0 bridgehead atoms. The molecule has 2 aliphatic rings. The number of carbonyl (C=O) groups is 2. The third-order valence-corrected chi connectivity index (χ3v) is 4.37. The molecule has 2 atom stereocenters. The van der Waals surface area contributed by atoms with E-state index in [2.05, 4.69) is 17.1 Å². The number of nitrogens with zero attached hydrogens (tertiary/aromatic N) is 2. The molecule has 2 unspecified atom stereocenters. The van der Waals surface area contributed by atoms with Crippen molar-refractivity contribution in [3.63, 3.8) is 0 Å². The van der Waals surface area contributed by atoms with Gasteiger partial charge in [0.2, 0.25) is 0 Å². The van der Waals surface area contributed by atoms with Gasteiger partial charge in [0.05, 0.1) is 0 Å². The van der Waals surface area contributed by atoms with E-state index >= 15 is 0 Å². The van der Waals surface area contributed by atoms with Gasteiger partial charge in [0.15, 0.2) is 0 Å². The van der Waals surface area contributed by atoms with E-state index in [1.54, 1.807) is 4.90 Å². The summed E-state index contributed by atoms with van der Waals surface area (Å²) in [5.74, 6) is 0.440. The van der Waals surface area contributed by atoms with Gasteiger partial charge in [-0.1, -0.05) is 19.8 Å². The summed E-state index contributed by atoms with van der Waals surface area (Å²) in [4.78, 5) is 28.2. The molecule has 1 aliphatic heterocycles. The van der Waals surface area contributed by atoms with E-state index < -0.39 is 5.54 Å². The maximum Gasteiger partial charge on any atom is 0.325 e. The molecule has 2 fully saturated rings. The fraction of sp³-hybridized carbons (Fsp3) is 0.857. The van der Waals surface area contributed by atoms with Crippen LogP contribution in [0.1, 0.15) is 39.0 Å². The molecule has 1 saturated carbocycles. The van der Waals surface area contributed by atoms with Gasteiger partial charge in [0.25, 0.3) is 5.91 Å². The zero-order valence-corrected chi connectivity index (χ0v) is 12.2. The Bertz CT molecular complexity index is 370. The van der Waals surface area contributed by atoms with Crippen molar-refractivity contribution in [2.75, 3.05) is 27.2 Å². The van der Waals surface area contributed by atoms with Gasteiger partial charge in [-0.25, -0.2) is 4.79 Å². The van der Waals surface area contributed by atoms with Gasteiger partial charge >= 0.3 is 6.03 Å². The second kappa shape index (κ2) is 5.49. The van der Waals surface area contributed by atoms with Crippen molar-refractivity contribution in [1.29, 1.82) is 0 Å². The van der Waals surface area contributed by atoms with Crippen LogP contribution in [0.2, 0.25) is 0 Å². The number of hydrogen-bond acceptors (Lipinski definition) is 3. The molecule has 0 aromatic rings. The Kier molecular flexibility index (Phi) is 4.13. The Morgan fingerprint density at radius 1 is 1.42 bits per heavy atom. The molecule has 2 rings (SSSR count). The lowest BCUT2D eigenvalue weighted by atomic mass is 9.75. The van der Waals surface area contributed by atoms with E-state index in [1.165, 1.54) is 0 Å². The molecule has 1 spiro atoms. The van der Waals surface area contributed by atoms with Crippen LogP contribution in [-0.4, -0.2) is 54.5 Å². The van der Waals surface area contributed by atoms with Crippen LogP contribution in [0.25, 0.3) is 0 Å². The Morgan fingerprint density at radius 2 is 2.16 bits per heavy atom. The lowest BCUT2D eigenvalue weighted by Crippen LogP contribution is -2.52. The van der Waals surface area contributed by atoms with Gasteiger partial charge < -0.3 is 9.80 Å². The third kappa shape index (κ3) is 2.76. The highest BCUT2D eigenvalue weighted by Gasteiger charge is 2.53. The normalized spacial score (nSPS) is 31.4. The van der Waals surface area contributed by atoms with Crippen molar-refractivity contribution in [3.05, 3.63) is 0 Å². The van der Waals surface area contributed by atoms with Crippen LogP contribution in [0, 0.1) is 5.92 Å². The smallest absolute Gasteiger partial charge is 0.310 e. The molecule has 0 aromatic carbocycles. The monoisotopic (exact) mass is 267 g/mol. The number of hydrogen-bond donors (Lipinski definition) is 1. The number of carbonyl (C=O) groups excluding carboxylic acids is 2. The van der Waals surface area contributed by atoms with E-state index in [0.717, 1.165) is 38.6 Å². The van der Waals surface area contributed by atoms with E-state index in [9.17, 15) is 9.59 Å². The number of nitrogens with one attached hydrogen (secondary N) is 1. The number of urea groups is 1. The summed E-state index contributed by atoms with van der Waals surface area (Å²) < 4.78 is 0. The Balaban J connectivity index is 2.09. The Labute approximate surface area is 115 Å². The molecule has 1 heterocycles. The molecular formula is C14H25N3O2. The van der Waals surface area contributed by atoms with Gasteiger partial charge in [-0.15, -0.1) is 0 Å². The highest BCUT2D eigenvalue weighted by molar-refractivity contribution is 6.07. The highest BCUT2D eigenvalue weighted by atomic mass is 16.2. The summed E-state index contributed by atoms with van der Waals surface area (Å²) in [5.41, 5.74) is -0.555. The zero-order valence-electron chi connectivity index (χ0n) is 12.2. The fourth-order valence-electron chi connectivity index (χ4n) is 3.43. The molecule has 1 saturated heterocycles. The molecule has 108 valence electrons. The standard InChI is InChI=1S/C14H25N3O2/c1-11-6-4-7-14(10-11)12(18)15-13(19)17(14)9-5-8-16(2)3/h11H,4-10H2,1-3H3,(H,15,18,19). The van der Waals surface area contributed by atoms with Crippen LogP contribution in [0.15, 0.2) is 0 Å². The van der Waals surface area contributed by atoms with Crippen LogP contribution >= 0.6 is 0 Å². The number of amides is 3. The quantitative estimate of drug-likeness (QED) is 0.784. The molecule has 1 aliphatic carbocycles. The second-order valence-corrected chi connectivity index (χ2v) is 6.30. The molecule has 3 amide bonds. The van der Waals surface area contributed by atoms with E-state index in [0.29, 0.717) is 12.5 Å². The van der Waals surface area contributed by atoms with Gasteiger partial charge in [-0.3, -0.25) is 10.1 Å². The average Bonchev–Trinajstić information content (AvgIpc) is 2.53. The summed E-state index contributed by atoms with van der Waals surface area (Å²) in [5, 5.41) is 2.52. The lowest BCUT2D eigenvalue weighted by Gasteiger charge is -2.40. The summed E-state index contributed by atoms with van der Waals surface area (Å²) >= 11 is 0. The first kappa shape index (κ1) is 14.3. The van der Waals surface area contributed by atoms with Crippen molar-refractivity contribution >= 4 is 11.9 Å². The van der Waals surface area contributed by atoms with Crippen LogP contribution in [-0.2, 0) is 4.79 Å². The molecule has 19 heavy (non-hydrogen) atoms. The Hall–Kier alpha value is -1.10. The Morgan fingerprint density at radius 3 is 2.79 bits per heavy atom. The van der Waals surface area contributed by atoms with E-state index in [-0.39, 0.29) is 11.9 Å². The van der Waals surface area contributed by atoms with Crippen molar-refractivity contribution in [1.82, 2.24) is 15.1 Å². The number of rotatable bonds is 4. The van der Waals surface area contributed by atoms with Crippen molar-refractivity contribution in [3.8, 4) is 0 Å². The summed E-state index contributed by atoms with van der Waals surface area (Å²) in [7, 11) is 4.04. The van der Waals surface area contributed by atoms with Crippen LogP contribution in [0.4, 0.5) is 4.79 Å². The fourth-order valence-corrected chi connectivity index (χ4v) is 3.43. The van der Waals surface area contributed by atoms with Crippen molar-refractivity contribution in [2.24, 2.45) is 5.92 Å². The van der Waals surface area contributed by atoms with Gasteiger partial charge in [0.1, 0.15) is 5.54 Å². The van der Waals surface area contributed by atoms with Crippen molar-refractivity contribution < 1.29 is 9.59 Å². The zero-order chi connectivity index (χ0) is 14.0. The van der Waals surface area contributed by atoms with Crippen LogP contribution in [0.3, 0.4) is 0 Å². The minimum absolute atomic E-state index is 0.0751. The van der Waals surface area contributed by atoms with E-state index in [4.69, 9.17) is 0 Å². The summed E-state index contributed by atoms with van der Waals surface area (Å²) in [6.07, 6.45) is 4.73. The second-order valence-electron chi connectivity index (χ2n) is 6.30. The maximum absolute atomic E-state index is 12.2. The first-order chi connectivity index (χ1) is 8.95. The highest BCUT2D eigenvalue weighted by Crippen LogP contribution is 2.39. The molecule has 5 nitrogen and oxygen atoms in total. The van der Waals surface area contributed by atoms with Crippen molar-refractivity contribution in [2.45, 2.75) is 44.6 Å². The largest absolute Gasteiger partial charge is 0.325 e. The molecule has 5 heteroatoms. The minimum atomic E-state index is -0.555. The predicted molar refractivity (Wildman–Crippen MR) is 73.8 cm³/mol. The summed E-state index contributed by atoms with van der Waals surface area (Å²) in [6, 6.07) is -0.196. The topological polar surface area (TPSA) is 52.7 Å². The van der Waals surface area contributed by atoms with Gasteiger partial charge in [-0.05, 0) is 45.8 Å². The third-order valence-electron chi connectivity index (χ3n) is 4.37. The molecule has 0 radical (unpaired) electrons. The molecule has 1 N–H and O–H groups in total. The van der Waals surface area contributed by atoms with Crippen LogP contribution < -0.4 is 5.32 Å².